The Morgan fingerprint density at radius 3 is 2.00 bits per heavy atom. The third-order valence-electron chi connectivity index (χ3n) is 4.96. The van der Waals surface area contributed by atoms with Crippen molar-refractivity contribution >= 4 is 12.2 Å². The molecule has 0 aliphatic carbocycles. The lowest BCUT2D eigenvalue weighted by molar-refractivity contribution is -0.223. The van der Waals surface area contributed by atoms with Crippen molar-refractivity contribution in [1.29, 1.82) is 0 Å². The van der Waals surface area contributed by atoms with E-state index in [-0.39, 0.29) is 13.0 Å². The Bertz CT molecular complexity index is 493. The summed E-state index contributed by atoms with van der Waals surface area (Å²) in [6, 6.07) is -1.31. The molecule has 0 radical (unpaired) electrons. The first-order valence-corrected chi connectivity index (χ1v) is 10.2. The number of carbonyl (C=O) groups is 2. The summed E-state index contributed by atoms with van der Waals surface area (Å²) < 4.78 is 57.4. The van der Waals surface area contributed by atoms with E-state index in [0.717, 1.165) is 6.42 Å². The summed E-state index contributed by atoms with van der Waals surface area (Å²) in [7, 11) is 0. The van der Waals surface area contributed by atoms with Gasteiger partial charge in [-0.05, 0) is 18.8 Å². The molecule has 0 rings (SSSR count). The normalized spacial score (nSPS) is 14.3. The summed E-state index contributed by atoms with van der Waals surface area (Å²) in [6.45, 7) is 3.78. The number of nitrogens with one attached hydrogen (secondary N) is 2. The summed E-state index contributed by atoms with van der Waals surface area (Å²) in [4.78, 5) is 21.2. The largest absolute Gasteiger partial charge is 0.465 e. The van der Waals surface area contributed by atoms with Gasteiger partial charge >= 0.3 is 24.0 Å². The van der Waals surface area contributed by atoms with Crippen LogP contribution >= 0.6 is 0 Å². The highest BCUT2D eigenvalue weighted by molar-refractivity contribution is 5.64. The predicted molar refractivity (Wildman–Crippen MR) is 102 cm³/mol. The van der Waals surface area contributed by atoms with Gasteiger partial charge in [-0.25, -0.2) is 9.59 Å². The summed E-state index contributed by atoms with van der Waals surface area (Å²) in [5.41, 5.74) is 0. The molecule has 2 unspecified atom stereocenters. The van der Waals surface area contributed by atoms with Gasteiger partial charge in [-0.3, -0.25) is 0 Å². The van der Waals surface area contributed by atoms with Crippen LogP contribution in [0.1, 0.15) is 78.1 Å². The first-order chi connectivity index (χ1) is 13.4. The van der Waals surface area contributed by atoms with Gasteiger partial charge in [-0.15, -0.1) is 0 Å². The molecule has 29 heavy (non-hydrogen) atoms. The maximum Gasteiger partial charge on any atom is 0.404 e. The third-order valence-corrected chi connectivity index (χ3v) is 4.96. The van der Waals surface area contributed by atoms with Gasteiger partial charge in [0.1, 0.15) is 0 Å². The van der Waals surface area contributed by atoms with Gasteiger partial charge in [0.05, 0.1) is 0 Å². The average Bonchev–Trinajstić information content (AvgIpc) is 2.60. The van der Waals surface area contributed by atoms with Crippen LogP contribution < -0.4 is 10.6 Å². The smallest absolute Gasteiger partial charge is 0.404 e. The quantitative estimate of drug-likeness (QED) is 0.186. The first kappa shape index (κ1) is 27.3. The summed E-state index contributed by atoms with van der Waals surface area (Å²) in [5.74, 6) is -9.06. The van der Waals surface area contributed by atoms with Gasteiger partial charge < -0.3 is 20.8 Å². The molecular weight excluding hydrogens is 396 g/mol. The molecule has 0 bridgehead atoms. The van der Waals surface area contributed by atoms with Crippen molar-refractivity contribution in [3.63, 3.8) is 0 Å². The molecule has 10 heteroatoms. The average molecular weight is 430 g/mol. The molecule has 0 heterocycles. The Morgan fingerprint density at radius 2 is 1.48 bits per heavy atom. The minimum atomic E-state index is -4.33. The van der Waals surface area contributed by atoms with E-state index in [0.29, 0.717) is 38.5 Å². The van der Waals surface area contributed by atoms with Crippen LogP contribution in [0.2, 0.25) is 0 Å². The van der Waals surface area contributed by atoms with E-state index in [1.54, 1.807) is 6.92 Å². The zero-order valence-corrected chi connectivity index (χ0v) is 17.2. The van der Waals surface area contributed by atoms with Crippen molar-refractivity contribution in [2.24, 2.45) is 5.92 Å². The molecule has 0 aromatic carbocycles. The fourth-order valence-electron chi connectivity index (χ4n) is 3.20. The highest BCUT2D eigenvalue weighted by atomic mass is 19.3. The number of halogens is 4. The van der Waals surface area contributed by atoms with Gasteiger partial charge in [0, 0.05) is 25.4 Å². The summed E-state index contributed by atoms with van der Waals surface area (Å²) >= 11 is 0. The maximum absolute atomic E-state index is 14.4. The van der Waals surface area contributed by atoms with E-state index in [4.69, 9.17) is 10.2 Å². The molecule has 4 N–H and O–H groups in total. The second kappa shape index (κ2) is 13.5. The van der Waals surface area contributed by atoms with E-state index >= 15 is 0 Å². The Balaban J connectivity index is 4.81. The van der Waals surface area contributed by atoms with Gasteiger partial charge in [0.25, 0.3) is 0 Å². The number of hydrogen-bond acceptors (Lipinski definition) is 2. The highest BCUT2D eigenvalue weighted by Gasteiger charge is 2.57. The van der Waals surface area contributed by atoms with Crippen molar-refractivity contribution in [1.82, 2.24) is 10.6 Å². The summed E-state index contributed by atoms with van der Waals surface area (Å²) in [6.07, 6.45) is -1.42. The van der Waals surface area contributed by atoms with Crippen molar-refractivity contribution in [2.45, 2.75) is 95.9 Å². The van der Waals surface area contributed by atoms with Crippen molar-refractivity contribution in [3.8, 4) is 0 Å². The van der Waals surface area contributed by atoms with Gasteiger partial charge in [0.15, 0.2) is 0 Å². The number of alkyl halides is 4. The molecule has 2 amide bonds. The number of rotatable bonds is 16. The van der Waals surface area contributed by atoms with Crippen molar-refractivity contribution < 1.29 is 37.4 Å². The third kappa shape index (κ3) is 11.8. The van der Waals surface area contributed by atoms with E-state index < -0.39 is 48.8 Å². The molecule has 172 valence electrons. The van der Waals surface area contributed by atoms with Crippen LogP contribution in [0.15, 0.2) is 0 Å². The molecule has 2 atom stereocenters. The van der Waals surface area contributed by atoms with Crippen molar-refractivity contribution in [3.05, 3.63) is 0 Å². The van der Waals surface area contributed by atoms with Crippen molar-refractivity contribution in [2.75, 3.05) is 6.54 Å². The molecular formula is C19H34F4N2O4. The lowest BCUT2D eigenvalue weighted by Gasteiger charge is -2.32. The second-order valence-corrected chi connectivity index (χ2v) is 7.46. The lowest BCUT2D eigenvalue weighted by atomic mass is 9.88. The second-order valence-electron chi connectivity index (χ2n) is 7.46. The number of amides is 2. The molecule has 0 saturated carbocycles. The van der Waals surface area contributed by atoms with Crippen LogP contribution in [-0.2, 0) is 0 Å². The fourth-order valence-corrected chi connectivity index (χ4v) is 3.20. The molecule has 0 aromatic heterocycles. The van der Waals surface area contributed by atoms with Crippen LogP contribution in [-0.4, -0.2) is 46.8 Å². The monoisotopic (exact) mass is 430 g/mol. The first-order valence-electron chi connectivity index (χ1n) is 10.2. The Labute approximate surface area is 169 Å². The van der Waals surface area contributed by atoms with Crippen LogP contribution in [0.4, 0.5) is 27.2 Å². The van der Waals surface area contributed by atoms with Crippen LogP contribution in [0, 0.1) is 5.92 Å². The Hall–Kier alpha value is -1.74. The van der Waals surface area contributed by atoms with E-state index in [2.05, 4.69) is 5.32 Å². The number of hydrogen-bond donors (Lipinski definition) is 4. The predicted octanol–water partition coefficient (Wildman–Crippen LogP) is 5.72. The zero-order chi connectivity index (χ0) is 22.5. The molecule has 0 aliphatic rings. The molecule has 0 aliphatic heterocycles. The number of carboxylic acid groups (broad SMARTS) is 2. The molecule has 6 nitrogen and oxygen atoms in total. The van der Waals surface area contributed by atoms with Crippen LogP contribution in [0.5, 0.6) is 0 Å². The Morgan fingerprint density at radius 1 is 0.862 bits per heavy atom. The van der Waals surface area contributed by atoms with Crippen LogP contribution in [0.3, 0.4) is 0 Å². The molecule has 0 saturated heterocycles. The molecule has 0 spiro atoms. The van der Waals surface area contributed by atoms with E-state index in [1.165, 1.54) is 0 Å². The van der Waals surface area contributed by atoms with E-state index in [9.17, 15) is 27.2 Å². The van der Waals surface area contributed by atoms with Gasteiger partial charge in [-0.1, -0.05) is 52.4 Å². The maximum atomic E-state index is 14.4. The van der Waals surface area contributed by atoms with Gasteiger partial charge in [-0.2, -0.15) is 17.6 Å². The standard InChI is InChI=1S/C19H34F4N2O4/c1-3-5-9-14(4-2)12-18(20,21)19(22,23)13-15(25-17(28)29)10-7-6-8-11-24-16(26)27/h14-15,24-25H,3-13H2,1-2H3,(H,26,27)(H,28,29). The zero-order valence-electron chi connectivity index (χ0n) is 17.2. The lowest BCUT2D eigenvalue weighted by Crippen LogP contribution is -2.47. The van der Waals surface area contributed by atoms with E-state index in [1.807, 2.05) is 12.2 Å². The van der Waals surface area contributed by atoms with Crippen LogP contribution in [0.25, 0.3) is 0 Å². The topological polar surface area (TPSA) is 98.7 Å². The SMILES string of the molecule is CCCCC(CC)CC(F)(F)C(F)(F)CC(CCCCCNC(=O)O)NC(=O)O. The fraction of sp³-hybridized carbons (Fsp3) is 0.895. The minimum absolute atomic E-state index is 0.0297. The highest BCUT2D eigenvalue weighted by Crippen LogP contribution is 2.43. The Kier molecular flexibility index (Phi) is 12.7. The molecule has 0 aromatic rings. The molecule has 0 fully saturated rings. The number of unbranched alkanes of at least 4 members (excludes halogenated alkanes) is 3. The van der Waals surface area contributed by atoms with Gasteiger partial charge in [0.2, 0.25) is 0 Å². The minimum Gasteiger partial charge on any atom is -0.465 e. The summed E-state index contributed by atoms with van der Waals surface area (Å²) in [5, 5.41) is 21.4.